The van der Waals surface area contributed by atoms with Crippen LogP contribution in [-0.2, 0) is 5.41 Å². The Labute approximate surface area is 154 Å². The molecule has 2 aromatic rings. The summed E-state index contributed by atoms with van der Waals surface area (Å²) in [6, 6.07) is 16.5. The first kappa shape index (κ1) is 17.9. The van der Waals surface area contributed by atoms with E-state index in [9.17, 15) is 9.59 Å². The summed E-state index contributed by atoms with van der Waals surface area (Å²) in [6.07, 6.45) is 0. The van der Waals surface area contributed by atoms with Crippen molar-refractivity contribution in [3.8, 4) is 0 Å². The van der Waals surface area contributed by atoms with Crippen molar-refractivity contribution in [3.63, 3.8) is 0 Å². The normalized spacial score (nSPS) is 17.5. The van der Waals surface area contributed by atoms with Crippen molar-refractivity contribution >= 4 is 11.8 Å². The van der Waals surface area contributed by atoms with Gasteiger partial charge in [-0.05, 0) is 23.5 Å². The molecule has 0 aromatic heterocycles. The van der Waals surface area contributed by atoms with Gasteiger partial charge < -0.3 is 10.6 Å². The highest BCUT2D eigenvalue weighted by Crippen LogP contribution is 2.31. The van der Waals surface area contributed by atoms with Gasteiger partial charge in [0.05, 0.1) is 6.04 Å². The van der Waals surface area contributed by atoms with E-state index in [2.05, 4.69) is 43.5 Å². The molecule has 0 fully saturated rings. The van der Waals surface area contributed by atoms with Crippen molar-refractivity contribution in [1.82, 2.24) is 10.6 Å². The first-order valence-electron chi connectivity index (χ1n) is 8.76. The van der Waals surface area contributed by atoms with Crippen LogP contribution in [0, 0.1) is 0 Å². The number of ketones is 1. The van der Waals surface area contributed by atoms with Crippen molar-refractivity contribution in [2.75, 3.05) is 0 Å². The monoisotopic (exact) mass is 348 g/mol. The smallest absolute Gasteiger partial charge is 0.319 e. The molecule has 0 saturated carbocycles. The van der Waals surface area contributed by atoms with Crippen LogP contribution in [0.25, 0.3) is 0 Å². The molecule has 26 heavy (non-hydrogen) atoms. The lowest BCUT2D eigenvalue weighted by molar-refractivity contribution is 0.102. The quantitative estimate of drug-likeness (QED) is 0.803. The molecule has 1 aliphatic heterocycles. The van der Waals surface area contributed by atoms with Crippen molar-refractivity contribution < 1.29 is 9.59 Å². The van der Waals surface area contributed by atoms with Gasteiger partial charge in [0.2, 0.25) is 0 Å². The highest BCUT2D eigenvalue weighted by molar-refractivity contribution is 6.11. The standard InChI is InChI=1S/C22H24N2O2/c1-14-18(20(25)16-8-6-5-7-9-16)19(24-21(26)23-14)15-10-12-17(13-11-15)22(2,3)4/h5-13,19H,1-4H3,(H2,23,24,26). The molecule has 4 nitrogen and oxygen atoms in total. The highest BCUT2D eigenvalue weighted by atomic mass is 16.2. The van der Waals surface area contributed by atoms with Gasteiger partial charge in [0.15, 0.2) is 5.78 Å². The lowest BCUT2D eigenvalue weighted by Crippen LogP contribution is -2.45. The molecule has 2 amide bonds. The lowest BCUT2D eigenvalue weighted by Gasteiger charge is -2.29. The van der Waals surface area contributed by atoms with Crippen molar-refractivity contribution in [2.45, 2.75) is 39.2 Å². The molecule has 1 aliphatic rings. The second-order valence-corrected chi connectivity index (χ2v) is 7.64. The summed E-state index contributed by atoms with van der Waals surface area (Å²) in [5.41, 5.74) is 3.91. The van der Waals surface area contributed by atoms with Crippen LogP contribution in [-0.4, -0.2) is 11.8 Å². The fourth-order valence-electron chi connectivity index (χ4n) is 3.17. The van der Waals surface area contributed by atoms with Gasteiger partial charge in [0.1, 0.15) is 0 Å². The molecule has 0 bridgehead atoms. The maximum absolute atomic E-state index is 13.1. The topological polar surface area (TPSA) is 58.2 Å². The Kier molecular flexibility index (Phi) is 4.68. The number of hydrogen-bond acceptors (Lipinski definition) is 2. The van der Waals surface area contributed by atoms with Crippen LogP contribution in [0.4, 0.5) is 4.79 Å². The SMILES string of the molecule is CC1=C(C(=O)c2ccccc2)C(c2ccc(C(C)(C)C)cc2)NC(=O)N1. The third kappa shape index (κ3) is 3.54. The van der Waals surface area contributed by atoms with Crippen molar-refractivity contribution in [1.29, 1.82) is 0 Å². The number of amides is 2. The van der Waals surface area contributed by atoms with Gasteiger partial charge in [-0.25, -0.2) is 4.79 Å². The average molecular weight is 348 g/mol. The minimum atomic E-state index is -0.467. The second kappa shape index (κ2) is 6.79. The van der Waals surface area contributed by atoms with Gasteiger partial charge in [-0.15, -0.1) is 0 Å². The van der Waals surface area contributed by atoms with E-state index in [4.69, 9.17) is 0 Å². The van der Waals surface area contributed by atoms with E-state index in [-0.39, 0.29) is 17.2 Å². The van der Waals surface area contributed by atoms with E-state index < -0.39 is 6.04 Å². The van der Waals surface area contributed by atoms with Crippen LogP contribution in [0.15, 0.2) is 65.9 Å². The second-order valence-electron chi connectivity index (χ2n) is 7.64. The van der Waals surface area contributed by atoms with Crippen LogP contribution >= 0.6 is 0 Å². The van der Waals surface area contributed by atoms with Gasteiger partial charge in [0.25, 0.3) is 0 Å². The predicted octanol–water partition coefficient (Wildman–Crippen LogP) is 4.49. The summed E-state index contributed by atoms with van der Waals surface area (Å²) in [4.78, 5) is 25.1. The highest BCUT2D eigenvalue weighted by Gasteiger charge is 2.31. The number of hydrogen-bond donors (Lipinski definition) is 2. The predicted molar refractivity (Wildman–Crippen MR) is 103 cm³/mol. The molecule has 0 radical (unpaired) electrons. The van der Waals surface area contributed by atoms with Crippen molar-refractivity contribution in [2.24, 2.45) is 0 Å². The van der Waals surface area contributed by atoms with Gasteiger partial charge in [-0.3, -0.25) is 4.79 Å². The molecule has 1 atom stereocenters. The number of Topliss-reactive ketones (excluding diaryl/α,β-unsaturated/α-hetero) is 1. The first-order valence-corrected chi connectivity index (χ1v) is 8.76. The van der Waals surface area contributed by atoms with E-state index in [1.807, 2.05) is 30.3 Å². The summed E-state index contributed by atoms with van der Waals surface area (Å²) in [5, 5.41) is 5.62. The Balaban J connectivity index is 2.02. The number of carbonyl (C=O) groups is 2. The number of urea groups is 1. The Morgan fingerprint density at radius 1 is 0.962 bits per heavy atom. The summed E-state index contributed by atoms with van der Waals surface area (Å²) in [7, 11) is 0. The van der Waals surface area contributed by atoms with E-state index in [0.717, 1.165) is 5.56 Å². The Hall–Kier alpha value is -2.88. The Morgan fingerprint density at radius 3 is 2.15 bits per heavy atom. The summed E-state index contributed by atoms with van der Waals surface area (Å²) in [6.45, 7) is 8.24. The van der Waals surface area contributed by atoms with Crippen molar-refractivity contribution in [3.05, 3.63) is 82.6 Å². The number of rotatable bonds is 3. The Bertz CT molecular complexity index is 859. The first-order chi connectivity index (χ1) is 12.3. The summed E-state index contributed by atoms with van der Waals surface area (Å²) in [5.74, 6) is -0.0829. The van der Waals surface area contributed by atoms with Crippen LogP contribution < -0.4 is 10.6 Å². The van der Waals surface area contributed by atoms with Crippen LogP contribution in [0.1, 0.15) is 55.2 Å². The maximum atomic E-state index is 13.1. The summed E-state index contributed by atoms with van der Waals surface area (Å²) >= 11 is 0. The minimum Gasteiger partial charge on any atom is -0.327 e. The number of carbonyl (C=O) groups excluding carboxylic acids is 2. The zero-order chi connectivity index (χ0) is 18.9. The summed E-state index contributed by atoms with van der Waals surface area (Å²) < 4.78 is 0. The lowest BCUT2D eigenvalue weighted by atomic mass is 9.84. The molecular weight excluding hydrogens is 324 g/mol. The average Bonchev–Trinajstić information content (AvgIpc) is 2.61. The zero-order valence-electron chi connectivity index (χ0n) is 15.6. The fraction of sp³-hybridized carbons (Fsp3) is 0.273. The molecule has 1 unspecified atom stereocenters. The molecule has 2 N–H and O–H groups in total. The fourth-order valence-corrected chi connectivity index (χ4v) is 3.17. The van der Waals surface area contributed by atoms with Gasteiger partial charge in [0, 0.05) is 16.8 Å². The maximum Gasteiger partial charge on any atom is 0.319 e. The molecule has 1 heterocycles. The third-order valence-electron chi connectivity index (χ3n) is 4.66. The van der Waals surface area contributed by atoms with Crippen LogP contribution in [0.2, 0.25) is 0 Å². The molecule has 3 rings (SSSR count). The van der Waals surface area contributed by atoms with Gasteiger partial charge >= 0.3 is 6.03 Å². The molecule has 134 valence electrons. The number of benzene rings is 2. The number of allylic oxidation sites excluding steroid dienone is 1. The third-order valence-corrected chi connectivity index (χ3v) is 4.66. The molecule has 4 heteroatoms. The number of nitrogens with one attached hydrogen (secondary N) is 2. The molecular formula is C22H24N2O2. The zero-order valence-corrected chi connectivity index (χ0v) is 15.6. The molecule has 0 spiro atoms. The van der Waals surface area contributed by atoms with Gasteiger partial charge in [-0.1, -0.05) is 75.4 Å². The molecule has 0 aliphatic carbocycles. The van der Waals surface area contributed by atoms with E-state index >= 15 is 0 Å². The molecule has 0 saturated heterocycles. The largest absolute Gasteiger partial charge is 0.327 e. The van der Waals surface area contributed by atoms with E-state index in [0.29, 0.717) is 16.8 Å². The minimum absolute atomic E-state index is 0.0460. The van der Waals surface area contributed by atoms with Crippen LogP contribution in [0.3, 0.4) is 0 Å². The Morgan fingerprint density at radius 2 is 1.58 bits per heavy atom. The molecule has 2 aromatic carbocycles. The van der Waals surface area contributed by atoms with Crippen LogP contribution in [0.5, 0.6) is 0 Å². The van der Waals surface area contributed by atoms with E-state index in [1.54, 1.807) is 19.1 Å². The van der Waals surface area contributed by atoms with E-state index in [1.165, 1.54) is 5.56 Å². The van der Waals surface area contributed by atoms with Gasteiger partial charge in [-0.2, -0.15) is 0 Å².